The Kier molecular flexibility index (Phi) is 3.01. The van der Waals surface area contributed by atoms with E-state index in [0.29, 0.717) is 17.1 Å². The average Bonchev–Trinajstić information content (AvgIpc) is 2.45. The molecule has 0 fully saturated rings. The molecule has 1 aromatic carbocycles. The van der Waals surface area contributed by atoms with Crippen molar-refractivity contribution in [2.45, 2.75) is 6.54 Å². The minimum Gasteiger partial charge on any atom is -0.341 e. The van der Waals surface area contributed by atoms with Crippen LogP contribution >= 0.6 is 11.6 Å². The number of aromatic nitrogens is 3. The fraction of sp³-hybridized carbons (Fsp3) is 0.0714. The molecular formula is C14H10ClN3O. The molecule has 0 radical (unpaired) electrons. The molecule has 19 heavy (non-hydrogen) atoms. The Morgan fingerprint density at radius 1 is 1.05 bits per heavy atom. The number of nitrogens with zero attached hydrogens (tertiary/aromatic N) is 3. The largest absolute Gasteiger partial charge is 0.341 e. The molecule has 2 aromatic heterocycles. The lowest BCUT2D eigenvalue weighted by molar-refractivity contribution is 0.773. The van der Waals surface area contributed by atoms with Gasteiger partial charge in [-0.25, -0.2) is 0 Å². The lowest BCUT2D eigenvalue weighted by Crippen LogP contribution is -2.09. The summed E-state index contributed by atoms with van der Waals surface area (Å²) in [5.74, 6) is 0. The lowest BCUT2D eigenvalue weighted by atomic mass is 10.2. The molecule has 0 N–H and O–H groups in total. The highest BCUT2D eigenvalue weighted by molar-refractivity contribution is 6.29. The second kappa shape index (κ2) is 4.82. The summed E-state index contributed by atoms with van der Waals surface area (Å²) >= 11 is 5.71. The number of benzene rings is 1. The van der Waals surface area contributed by atoms with Gasteiger partial charge < -0.3 is 4.57 Å². The molecule has 0 unspecified atom stereocenters. The van der Waals surface area contributed by atoms with Crippen molar-refractivity contribution in [3.8, 4) is 0 Å². The molecule has 0 aliphatic rings. The fourth-order valence-electron chi connectivity index (χ4n) is 2.00. The van der Waals surface area contributed by atoms with E-state index in [1.165, 1.54) is 0 Å². The fourth-order valence-corrected chi connectivity index (χ4v) is 2.10. The van der Waals surface area contributed by atoms with Gasteiger partial charge in [-0.15, -0.1) is 5.10 Å². The summed E-state index contributed by atoms with van der Waals surface area (Å²) in [5.41, 5.74) is 1.69. The first-order valence-electron chi connectivity index (χ1n) is 5.80. The summed E-state index contributed by atoms with van der Waals surface area (Å²) in [7, 11) is 0. The molecule has 4 nitrogen and oxygen atoms in total. The number of halogens is 1. The maximum Gasteiger partial charge on any atom is 0.189 e. The second-order valence-electron chi connectivity index (χ2n) is 4.17. The Hall–Kier alpha value is -2.20. The van der Waals surface area contributed by atoms with Gasteiger partial charge in [-0.3, -0.25) is 4.79 Å². The van der Waals surface area contributed by atoms with Gasteiger partial charge in [0.2, 0.25) is 0 Å². The predicted octanol–water partition coefficient (Wildman–Crippen LogP) is 2.49. The number of rotatable bonds is 2. The molecule has 0 saturated carbocycles. The van der Waals surface area contributed by atoms with E-state index in [2.05, 4.69) is 10.2 Å². The van der Waals surface area contributed by atoms with Crippen molar-refractivity contribution in [1.29, 1.82) is 0 Å². The van der Waals surface area contributed by atoms with E-state index in [4.69, 9.17) is 11.6 Å². The van der Waals surface area contributed by atoms with Crippen molar-refractivity contribution < 1.29 is 0 Å². The summed E-state index contributed by atoms with van der Waals surface area (Å²) in [5, 5.41) is 8.91. The van der Waals surface area contributed by atoms with Gasteiger partial charge in [0.1, 0.15) is 0 Å². The van der Waals surface area contributed by atoms with Crippen LogP contribution in [0, 0.1) is 0 Å². The van der Waals surface area contributed by atoms with Crippen molar-refractivity contribution in [2.75, 3.05) is 0 Å². The normalized spacial score (nSPS) is 10.8. The SMILES string of the molecule is O=c1ccn(Cc2ccc(Cl)nn2)c2ccccc12. The third-order valence-corrected chi connectivity index (χ3v) is 3.11. The molecule has 3 rings (SSSR count). The summed E-state index contributed by atoms with van der Waals surface area (Å²) in [4.78, 5) is 11.8. The van der Waals surface area contributed by atoms with Gasteiger partial charge in [0.05, 0.1) is 17.8 Å². The predicted molar refractivity (Wildman–Crippen MR) is 74.4 cm³/mol. The van der Waals surface area contributed by atoms with Crippen LogP contribution in [0.1, 0.15) is 5.69 Å². The van der Waals surface area contributed by atoms with Gasteiger partial charge in [-0.05, 0) is 24.3 Å². The van der Waals surface area contributed by atoms with Crippen molar-refractivity contribution >= 4 is 22.5 Å². The maximum atomic E-state index is 11.8. The van der Waals surface area contributed by atoms with Crippen LogP contribution < -0.4 is 5.43 Å². The third-order valence-electron chi connectivity index (χ3n) is 2.90. The zero-order chi connectivity index (χ0) is 13.2. The van der Waals surface area contributed by atoms with Crippen LogP contribution in [0.4, 0.5) is 0 Å². The van der Waals surface area contributed by atoms with Crippen molar-refractivity contribution in [3.63, 3.8) is 0 Å². The van der Waals surface area contributed by atoms with Crippen molar-refractivity contribution in [1.82, 2.24) is 14.8 Å². The Morgan fingerprint density at radius 3 is 2.68 bits per heavy atom. The molecular weight excluding hydrogens is 262 g/mol. The highest BCUT2D eigenvalue weighted by Gasteiger charge is 2.03. The van der Waals surface area contributed by atoms with Crippen LogP contribution in [0.15, 0.2) is 53.5 Å². The molecule has 0 aliphatic carbocycles. The first-order chi connectivity index (χ1) is 9.24. The summed E-state index contributed by atoms with van der Waals surface area (Å²) < 4.78 is 1.97. The quantitative estimate of drug-likeness (QED) is 0.719. The molecule has 94 valence electrons. The van der Waals surface area contributed by atoms with Gasteiger partial charge >= 0.3 is 0 Å². The zero-order valence-electron chi connectivity index (χ0n) is 9.95. The first-order valence-corrected chi connectivity index (χ1v) is 6.18. The lowest BCUT2D eigenvalue weighted by Gasteiger charge is -2.09. The molecule has 2 heterocycles. The van der Waals surface area contributed by atoms with E-state index in [-0.39, 0.29) is 5.43 Å². The molecule has 0 atom stereocenters. The topological polar surface area (TPSA) is 47.8 Å². The van der Waals surface area contributed by atoms with Crippen LogP contribution in [-0.2, 0) is 6.54 Å². The van der Waals surface area contributed by atoms with Gasteiger partial charge in [-0.2, -0.15) is 5.10 Å². The van der Waals surface area contributed by atoms with E-state index in [1.54, 1.807) is 18.3 Å². The first kappa shape index (κ1) is 11.9. The number of fused-ring (bicyclic) bond motifs is 1. The molecule has 3 aromatic rings. The van der Waals surface area contributed by atoms with Crippen LogP contribution in [0.5, 0.6) is 0 Å². The summed E-state index contributed by atoms with van der Waals surface area (Å²) in [6, 6.07) is 12.6. The number of pyridine rings is 1. The van der Waals surface area contributed by atoms with E-state index < -0.39 is 0 Å². The minimum atomic E-state index is 0.0223. The number of hydrogen-bond donors (Lipinski definition) is 0. The minimum absolute atomic E-state index is 0.0223. The molecule has 5 heteroatoms. The highest BCUT2D eigenvalue weighted by Crippen LogP contribution is 2.11. The summed E-state index contributed by atoms with van der Waals surface area (Å²) in [6.07, 6.45) is 1.76. The Balaban J connectivity index is 2.08. The highest BCUT2D eigenvalue weighted by atomic mass is 35.5. The van der Waals surface area contributed by atoms with E-state index in [1.807, 2.05) is 34.9 Å². The molecule has 0 spiro atoms. The van der Waals surface area contributed by atoms with Crippen molar-refractivity contribution in [2.24, 2.45) is 0 Å². The monoisotopic (exact) mass is 271 g/mol. The average molecular weight is 272 g/mol. The molecule has 0 saturated heterocycles. The Labute approximate surface area is 114 Å². The Morgan fingerprint density at radius 2 is 1.89 bits per heavy atom. The summed E-state index contributed by atoms with van der Waals surface area (Å²) in [6.45, 7) is 0.547. The Bertz CT molecular complexity index is 781. The van der Waals surface area contributed by atoms with Gasteiger partial charge in [0, 0.05) is 17.6 Å². The standard InChI is InChI=1S/C14H10ClN3O/c15-14-6-5-10(16-17-14)9-18-8-7-13(19)11-3-1-2-4-12(11)18/h1-8H,9H2. The smallest absolute Gasteiger partial charge is 0.189 e. The maximum absolute atomic E-state index is 11.8. The van der Waals surface area contributed by atoms with E-state index in [0.717, 1.165) is 11.2 Å². The number of hydrogen-bond acceptors (Lipinski definition) is 3. The molecule has 0 aliphatic heterocycles. The van der Waals surface area contributed by atoms with Crippen LogP contribution in [-0.4, -0.2) is 14.8 Å². The van der Waals surface area contributed by atoms with Crippen LogP contribution in [0.2, 0.25) is 5.15 Å². The second-order valence-corrected chi connectivity index (χ2v) is 4.56. The van der Waals surface area contributed by atoms with E-state index in [9.17, 15) is 4.79 Å². The van der Waals surface area contributed by atoms with Gasteiger partial charge in [0.25, 0.3) is 0 Å². The van der Waals surface area contributed by atoms with Crippen LogP contribution in [0.25, 0.3) is 10.9 Å². The van der Waals surface area contributed by atoms with E-state index >= 15 is 0 Å². The van der Waals surface area contributed by atoms with Crippen LogP contribution in [0.3, 0.4) is 0 Å². The zero-order valence-corrected chi connectivity index (χ0v) is 10.7. The molecule has 0 bridgehead atoms. The van der Waals surface area contributed by atoms with Crippen molar-refractivity contribution in [3.05, 3.63) is 69.7 Å². The third kappa shape index (κ3) is 2.35. The van der Waals surface area contributed by atoms with Gasteiger partial charge in [-0.1, -0.05) is 23.7 Å². The van der Waals surface area contributed by atoms with Gasteiger partial charge in [0.15, 0.2) is 10.6 Å². The number of para-hydroxylation sites is 1. The molecule has 0 amide bonds.